The molecule has 0 radical (unpaired) electrons. The molecule has 0 bridgehead atoms. The van der Waals surface area contributed by atoms with Crippen LogP contribution in [0.15, 0.2) is 29.2 Å². The summed E-state index contributed by atoms with van der Waals surface area (Å²) in [7, 11) is 0. The molecule has 1 rings (SSSR count). The van der Waals surface area contributed by atoms with Crippen LogP contribution >= 0.6 is 18.5 Å². The predicted molar refractivity (Wildman–Crippen MR) is 74.7 cm³/mol. The topological polar surface area (TPSA) is 41.5 Å². The SMILES string of the molecule is CCOP([O-])(=S)Oc1ccccc1SCC(F)(F)C(F)F.[K+]. The quantitative estimate of drug-likeness (QED) is 0.277. The smallest absolute Gasteiger partial charge is 0.770 e. The first-order chi connectivity index (χ1) is 9.68. The Hall–Kier alpha value is 1.30. The summed E-state index contributed by atoms with van der Waals surface area (Å²) in [5.41, 5.74) is 0. The number of hydrogen-bond donors (Lipinski definition) is 0. The van der Waals surface area contributed by atoms with Crippen LogP contribution in [0.5, 0.6) is 5.75 Å². The zero-order valence-corrected chi connectivity index (χ0v) is 17.5. The van der Waals surface area contributed by atoms with Crippen LogP contribution < -0.4 is 60.8 Å². The molecule has 0 aliphatic carbocycles. The Morgan fingerprint density at radius 2 is 1.95 bits per heavy atom. The van der Waals surface area contributed by atoms with Crippen molar-refractivity contribution in [2.45, 2.75) is 24.2 Å². The predicted octanol–water partition coefficient (Wildman–Crippen LogP) is 0.683. The zero-order chi connectivity index (χ0) is 16.1. The third-order valence-electron chi connectivity index (χ3n) is 2.09. The van der Waals surface area contributed by atoms with Crippen molar-refractivity contribution in [3.05, 3.63) is 24.3 Å². The van der Waals surface area contributed by atoms with E-state index in [0.717, 1.165) is 0 Å². The van der Waals surface area contributed by atoms with E-state index in [2.05, 4.69) is 11.8 Å². The average Bonchev–Trinajstić information content (AvgIpc) is 2.37. The summed E-state index contributed by atoms with van der Waals surface area (Å²) in [5.74, 6) is -5.31. The molecule has 11 heteroatoms. The summed E-state index contributed by atoms with van der Waals surface area (Å²) in [6.07, 6.45) is -3.76. The van der Waals surface area contributed by atoms with Crippen molar-refractivity contribution in [2.24, 2.45) is 0 Å². The van der Waals surface area contributed by atoms with E-state index in [9.17, 15) is 22.5 Å². The Morgan fingerprint density at radius 3 is 2.50 bits per heavy atom. The molecule has 0 spiro atoms. The van der Waals surface area contributed by atoms with Crippen LogP contribution in [-0.2, 0) is 16.3 Å². The Labute approximate surface area is 177 Å². The molecule has 1 unspecified atom stereocenters. The normalized spacial score (nSPS) is 14.3. The molecule has 0 amide bonds. The second-order valence-corrected chi connectivity index (χ2v) is 7.45. The van der Waals surface area contributed by atoms with E-state index >= 15 is 0 Å². The third-order valence-corrected chi connectivity index (χ3v) is 4.80. The molecule has 0 aliphatic heterocycles. The van der Waals surface area contributed by atoms with E-state index in [0.29, 0.717) is 11.8 Å². The van der Waals surface area contributed by atoms with Crippen LogP contribution in [-0.4, -0.2) is 24.7 Å². The maximum absolute atomic E-state index is 12.9. The van der Waals surface area contributed by atoms with Gasteiger partial charge in [-0.15, -0.1) is 11.8 Å². The molecule has 0 saturated carbocycles. The molecule has 0 heterocycles. The number of halogens is 4. The molecule has 0 aliphatic rings. The van der Waals surface area contributed by atoms with Gasteiger partial charge in [-0.05, 0) is 30.9 Å². The zero-order valence-electron chi connectivity index (χ0n) is 11.8. The molecule has 0 aromatic heterocycles. The third kappa shape index (κ3) is 7.91. The molecule has 1 aromatic carbocycles. The van der Waals surface area contributed by atoms with E-state index in [-0.39, 0.29) is 68.6 Å². The van der Waals surface area contributed by atoms with Gasteiger partial charge in [-0.1, -0.05) is 12.1 Å². The minimum Gasteiger partial charge on any atom is -0.770 e. The maximum Gasteiger partial charge on any atom is 1.00 e. The van der Waals surface area contributed by atoms with Gasteiger partial charge in [0.25, 0.3) is 0 Å². The summed E-state index contributed by atoms with van der Waals surface area (Å²) in [6.45, 7) is -2.17. The first kappa shape index (κ1) is 23.3. The molecule has 22 heavy (non-hydrogen) atoms. The van der Waals surface area contributed by atoms with Gasteiger partial charge < -0.3 is 13.9 Å². The van der Waals surface area contributed by atoms with Gasteiger partial charge in [-0.2, -0.15) is 8.78 Å². The molecule has 1 aromatic rings. The van der Waals surface area contributed by atoms with Crippen molar-refractivity contribution in [1.82, 2.24) is 0 Å². The summed E-state index contributed by atoms with van der Waals surface area (Å²) in [4.78, 5) is 11.9. The Morgan fingerprint density at radius 1 is 1.36 bits per heavy atom. The molecule has 3 nitrogen and oxygen atoms in total. The van der Waals surface area contributed by atoms with Crippen LogP contribution in [0, 0.1) is 0 Å². The number of para-hydroxylation sites is 1. The van der Waals surface area contributed by atoms with Crippen molar-refractivity contribution >= 4 is 30.3 Å². The fourth-order valence-corrected chi connectivity index (χ4v) is 3.48. The van der Waals surface area contributed by atoms with E-state index in [4.69, 9.17) is 9.05 Å². The number of rotatable bonds is 8. The van der Waals surface area contributed by atoms with Crippen LogP contribution in [0.1, 0.15) is 6.92 Å². The van der Waals surface area contributed by atoms with Gasteiger partial charge in [0.15, 0.2) is 6.72 Å². The summed E-state index contributed by atoms with van der Waals surface area (Å²) >= 11 is 5.08. The molecule has 1 atom stereocenters. The van der Waals surface area contributed by atoms with Crippen molar-refractivity contribution in [3.8, 4) is 5.75 Å². The fourth-order valence-electron chi connectivity index (χ4n) is 1.19. The molecular formula is C11H12F4KO3PS2. The van der Waals surface area contributed by atoms with Crippen LogP contribution in [0.2, 0.25) is 0 Å². The Balaban J connectivity index is 0.00000441. The molecule has 0 N–H and O–H groups in total. The van der Waals surface area contributed by atoms with Gasteiger partial charge in [0, 0.05) is 4.90 Å². The number of alkyl halides is 4. The minimum absolute atomic E-state index is 0. The average molecular weight is 402 g/mol. The summed E-state index contributed by atoms with van der Waals surface area (Å²) in [6, 6.07) is 5.74. The first-order valence-corrected chi connectivity index (χ1v) is 9.25. The van der Waals surface area contributed by atoms with E-state index in [1.165, 1.54) is 24.3 Å². The monoisotopic (exact) mass is 402 g/mol. The molecule has 0 saturated heterocycles. The van der Waals surface area contributed by atoms with Gasteiger partial charge in [0.2, 0.25) is 0 Å². The van der Waals surface area contributed by atoms with Crippen molar-refractivity contribution in [1.29, 1.82) is 0 Å². The number of thioether (sulfide) groups is 1. The largest absolute Gasteiger partial charge is 1.00 e. The minimum atomic E-state index is -4.13. The molecule has 0 fully saturated rings. The van der Waals surface area contributed by atoms with E-state index in [1.807, 2.05) is 0 Å². The molecular weight excluding hydrogens is 390 g/mol. The summed E-state index contributed by atoms with van der Waals surface area (Å²) < 4.78 is 59.8. The van der Waals surface area contributed by atoms with Gasteiger partial charge >= 0.3 is 63.7 Å². The maximum atomic E-state index is 12.9. The fraction of sp³-hybridized carbons (Fsp3) is 0.455. The Kier molecular flexibility index (Phi) is 10.9. The number of hydrogen-bond acceptors (Lipinski definition) is 5. The summed E-state index contributed by atoms with van der Waals surface area (Å²) in [5, 5.41) is 0. The molecule has 120 valence electrons. The first-order valence-electron chi connectivity index (χ1n) is 5.71. The van der Waals surface area contributed by atoms with Crippen molar-refractivity contribution in [2.75, 3.05) is 12.4 Å². The van der Waals surface area contributed by atoms with Crippen LogP contribution in [0.3, 0.4) is 0 Å². The van der Waals surface area contributed by atoms with E-state index in [1.54, 1.807) is 6.92 Å². The van der Waals surface area contributed by atoms with Crippen molar-refractivity contribution < 1.29 is 82.9 Å². The standard InChI is InChI=1S/C11H13F4O3PS2.K/c1-2-17-19(16,20)18-8-5-3-4-6-9(8)21-7-11(14,15)10(12)13;/h3-6,10H,2,7H2,1H3,(H,16,20);/q;+1/p-1. The second kappa shape index (κ2) is 10.3. The van der Waals surface area contributed by atoms with Gasteiger partial charge in [0.05, 0.1) is 12.4 Å². The van der Waals surface area contributed by atoms with Crippen LogP contribution in [0.4, 0.5) is 17.6 Å². The second-order valence-electron chi connectivity index (χ2n) is 3.75. The van der Waals surface area contributed by atoms with E-state index < -0.39 is 24.8 Å². The van der Waals surface area contributed by atoms with Crippen molar-refractivity contribution in [3.63, 3.8) is 0 Å². The Bertz CT molecular complexity index is 522. The van der Waals surface area contributed by atoms with Gasteiger partial charge in [-0.25, -0.2) is 8.78 Å². The van der Waals surface area contributed by atoms with Gasteiger partial charge in [0.1, 0.15) is 5.75 Å². The van der Waals surface area contributed by atoms with Gasteiger partial charge in [-0.3, -0.25) is 0 Å². The van der Waals surface area contributed by atoms with Crippen LogP contribution in [0.25, 0.3) is 0 Å². The number of benzene rings is 1.